The second-order valence-corrected chi connectivity index (χ2v) is 5.59. The molecule has 0 aliphatic heterocycles. The molecule has 3 rings (SSSR count). The van der Waals surface area contributed by atoms with Gasteiger partial charge in [0.15, 0.2) is 0 Å². The minimum atomic E-state index is -0.125. The predicted octanol–water partition coefficient (Wildman–Crippen LogP) is 3.12. The molecule has 104 valence electrons. The Kier molecular flexibility index (Phi) is 3.96. The molecule has 0 aliphatic rings. The van der Waals surface area contributed by atoms with Crippen molar-refractivity contribution >= 4 is 34.2 Å². The standard InChI is InChI=1S/C15H11IN4O/c16-12-3-1-11(2-4-12)15(21)19-13-5-7-14(8-6-13)20-10-17-9-18-20/h1-10H,(H,19,21). The van der Waals surface area contributed by atoms with Crippen LogP contribution >= 0.6 is 22.6 Å². The maximum atomic E-state index is 12.1. The third-order valence-electron chi connectivity index (χ3n) is 2.91. The highest BCUT2D eigenvalue weighted by Gasteiger charge is 2.06. The molecule has 1 N–H and O–H groups in total. The first-order valence-electron chi connectivity index (χ1n) is 6.24. The van der Waals surface area contributed by atoms with Crippen LogP contribution in [0.25, 0.3) is 5.69 Å². The number of benzene rings is 2. The Morgan fingerprint density at radius 2 is 1.76 bits per heavy atom. The summed E-state index contributed by atoms with van der Waals surface area (Å²) in [7, 11) is 0. The van der Waals surface area contributed by atoms with Crippen molar-refractivity contribution < 1.29 is 4.79 Å². The SMILES string of the molecule is O=C(Nc1ccc(-n2cncn2)cc1)c1ccc(I)cc1. The molecule has 0 radical (unpaired) electrons. The van der Waals surface area contributed by atoms with Gasteiger partial charge in [0, 0.05) is 14.8 Å². The number of carbonyl (C=O) groups is 1. The van der Waals surface area contributed by atoms with Crippen molar-refractivity contribution in [3.05, 3.63) is 70.3 Å². The molecule has 0 atom stereocenters. The average Bonchev–Trinajstić information content (AvgIpc) is 3.03. The minimum Gasteiger partial charge on any atom is -0.322 e. The predicted molar refractivity (Wildman–Crippen MR) is 88.5 cm³/mol. The van der Waals surface area contributed by atoms with E-state index in [0.717, 1.165) is 14.9 Å². The quantitative estimate of drug-likeness (QED) is 0.700. The fourth-order valence-corrected chi connectivity index (χ4v) is 2.20. The highest BCUT2D eigenvalue weighted by Crippen LogP contribution is 2.14. The van der Waals surface area contributed by atoms with Gasteiger partial charge in [0.1, 0.15) is 12.7 Å². The van der Waals surface area contributed by atoms with E-state index in [4.69, 9.17) is 0 Å². The number of nitrogens with zero attached hydrogens (tertiary/aromatic N) is 3. The number of amides is 1. The van der Waals surface area contributed by atoms with Gasteiger partial charge in [-0.15, -0.1) is 0 Å². The van der Waals surface area contributed by atoms with E-state index in [0.29, 0.717) is 5.56 Å². The molecule has 21 heavy (non-hydrogen) atoms. The summed E-state index contributed by atoms with van der Waals surface area (Å²) in [5.41, 5.74) is 2.26. The van der Waals surface area contributed by atoms with Gasteiger partial charge in [-0.05, 0) is 71.1 Å². The van der Waals surface area contributed by atoms with E-state index in [9.17, 15) is 4.79 Å². The summed E-state index contributed by atoms with van der Waals surface area (Å²) in [5.74, 6) is -0.125. The molecule has 0 saturated heterocycles. The van der Waals surface area contributed by atoms with Crippen LogP contribution in [0.4, 0.5) is 5.69 Å². The number of carbonyl (C=O) groups excluding carboxylic acids is 1. The lowest BCUT2D eigenvalue weighted by atomic mass is 10.2. The number of rotatable bonds is 3. The number of aromatic nitrogens is 3. The second-order valence-electron chi connectivity index (χ2n) is 4.35. The summed E-state index contributed by atoms with van der Waals surface area (Å²) in [6.07, 6.45) is 3.10. The number of halogens is 1. The van der Waals surface area contributed by atoms with Crippen LogP contribution in [0.15, 0.2) is 61.2 Å². The van der Waals surface area contributed by atoms with E-state index in [1.807, 2.05) is 36.4 Å². The van der Waals surface area contributed by atoms with Crippen molar-refractivity contribution in [3.8, 4) is 5.69 Å². The number of hydrogen-bond acceptors (Lipinski definition) is 3. The summed E-state index contributed by atoms with van der Waals surface area (Å²) >= 11 is 2.21. The zero-order valence-electron chi connectivity index (χ0n) is 10.9. The number of hydrogen-bond donors (Lipinski definition) is 1. The van der Waals surface area contributed by atoms with Crippen LogP contribution in [0.2, 0.25) is 0 Å². The van der Waals surface area contributed by atoms with Crippen molar-refractivity contribution in [3.63, 3.8) is 0 Å². The minimum absolute atomic E-state index is 0.125. The largest absolute Gasteiger partial charge is 0.322 e. The number of anilines is 1. The van der Waals surface area contributed by atoms with Gasteiger partial charge in [-0.3, -0.25) is 4.79 Å². The first kappa shape index (κ1) is 13.7. The Morgan fingerprint density at radius 1 is 1.05 bits per heavy atom. The van der Waals surface area contributed by atoms with Crippen LogP contribution in [-0.4, -0.2) is 20.7 Å². The van der Waals surface area contributed by atoms with Gasteiger partial charge < -0.3 is 5.32 Å². The van der Waals surface area contributed by atoms with Crippen molar-refractivity contribution in [1.82, 2.24) is 14.8 Å². The fraction of sp³-hybridized carbons (Fsp3) is 0. The molecule has 1 heterocycles. The molecular formula is C15H11IN4O. The Hall–Kier alpha value is -2.22. The second kappa shape index (κ2) is 6.04. The van der Waals surface area contributed by atoms with Crippen LogP contribution in [0.5, 0.6) is 0 Å². The van der Waals surface area contributed by atoms with Gasteiger partial charge in [-0.1, -0.05) is 0 Å². The third kappa shape index (κ3) is 3.27. The van der Waals surface area contributed by atoms with Crippen molar-refractivity contribution in [1.29, 1.82) is 0 Å². The average molecular weight is 390 g/mol. The Balaban J connectivity index is 1.73. The summed E-state index contributed by atoms with van der Waals surface area (Å²) in [5, 5.41) is 6.91. The van der Waals surface area contributed by atoms with E-state index >= 15 is 0 Å². The lowest BCUT2D eigenvalue weighted by Gasteiger charge is -2.06. The molecule has 6 heteroatoms. The fourth-order valence-electron chi connectivity index (χ4n) is 1.84. The molecular weight excluding hydrogens is 379 g/mol. The van der Waals surface area contributed by atoms with E-state index in [1.165, 1.54) is 6.33 Å². The first-order valence-corrected chi connectivity index (χ1v) is 7.32. The van der Waals surface area contributed by atoms with Crippen molar-refractivity contribution in [2.45, 2.75) is 0 Å². The Morgan fingerprint density at radius 3 is 2.38 bits per heavy atom. The highest BCUT2D eigenvalue weighted by atomic mass is 127. The summed E-state index contributed by atoms with van der Waals surface area (Å²) in [6.45, 7) is 0. The molecule has 3 aromatic rings. The van der Waals surface area contributed by atoms with Crippen LogP contribution < -0.4 is 5.32 Å². The van der Waals surface area contributed by atoms with Crippen molar-refractivity contribution in [2.24, 2.45) is 0 Å². The molecule has 0 unspecified atom stereocenters. The van der Waals surface area contributed by atoms with Gasteiger partial charge in [-0.2, -0.15) is 5.10 Å². The summed E-state index contributed by atoms with van der Waals surface area (Å²) in [6, 6.07) is 14.8. The van der Waals surface area contributed by atoms with E-state index in [1.54, 1.807) is 23.1 Å². The summed E-state index contributed by atoms with van der Waals surface area (Å²) < 4.78 is 2.76. The Bertz CT molecular complexity index is 736. The first-order chi connectivity index (χ1) is 10.2. The molecule has 0 fully saturated rings. The monoisotopic (exact) mass is 390 g/mol. The maximum Gasteiger partial charge on any atom is 0.255 e. The van der Waals surface area contributed by atoms with Gasteiger partial charge in [0.05, 0.1) is 5.69 Å². The van der Waals surface area contributed by atoms with E-state index in [-0.39, 0.29) is 5.91 Å². The highest BCUT2D eigenvalue weighted by molar-refractivity contribution is 14.1. The molecule has 1 amide bonds. The molecule has 0 aliphatic carbocycles. The van der Waals surface area contributed by atoms with Crippen LogP contribution in [0.1, 0.15) is 10.4 Å². The zero-order valence-corrected chi connectivity index (χ0v) is 13.1. The third-order valence-corrected chi connectivity index (χ3v) is 3.63. The van der Waals surface area contributed by atoms with E-state index < -0.39 is 0 Å². The van der Waals surface area contributed by atoms with Gasteiger partial charge in [0.2, 0.25) is 0 Å². The molecule has 0 saturated carbocycles. The van der Waals surface area contributed by atoms with Crippen LogP contribution in [0.3, 0.4) is 0 Å². The lowest BCUT2D eigenvalue weighted by Crippen LogP contribution is -2.11. The smallest absolute Gasteiger partial charge is 0.255 e. The van der Waals surface area contributed by atoms with Gasteiger partial charge >= 0.3 is 0 Å². The van der Waals surface area contributed by atoms with Gasteiger partial charge in [0.25, 0.3) is 5.91 Å². The van der Waals surface area contributed by atoms with Crippen LogP contribution in [0, 0.1) is 3.57 Å². The Labute approximate surface area is 135 Å². The van der Waals surface area contributed by atoms with Crippen LogP contribution in [-0.2, 0) is 0 Å². The maximum absolute atomic E-state index is 12.1. The normalized spacial score (nSPS) is 10.3. The number of nitrogens with one attached hydrogen (secondary N) is 1. The molecule has 0 spiro atoms. The molecule has 1 aromatic heterocycles. The molecule has 0 bridgehead atoms. The van der Waals surface area contributed by atoms with Crippen molar-refractivity contribution in [2.75, 3.05) is 5.32 Å². The zero-order chi connectivity index (χ0) is 14.7. The molecule has 5 nitrogen and oxygen atoms in total. The molecule has 2 aromatic carbocycles. The topological polar surface area (TPSA) is 59.8 Å². The summed E-state index contributed by atoms with van der Waals surface area (Å²) in [4.78, 5) is 16.0. The van der Waals surface area contributed by atoms with Gasteiger partial charge in [-0.25, -0.2) is 9.67 Å². The lowest BCUT2D eigenvalue weighted by molar-refractivity contribution is 0.102. The van der Waals surface area contributed by atoms with E-state index in [2.05, 4.69) is 38.0 Å².